The zero-order valence-electron chi connectivity index (χ0n) is 14.5. The number of benzene rings is 2. The zero-order chi connectivity index (χ0) is 19.5. The Labute approximate surface area is 159 Å². The predicted octanol–water partition coefficient (Wildman–Crippen LogP) is 4.12. The van der Waals surface area contributed by atoms with E-state index in [0.717, 1.165) is 10.0 Å². The lowest BCUT2D eigenvalue weighted by Gasteiger charge is -2.21. The van der Waals surface area contributed by atoms with E-state index in [1.807, 2.05) is 26.8 Å². The number of hydrazone groups is 1. The fourth-order valence-corrected chi connectivity index (χ4v) is 2.73. The second-order valence-electron chi connectivity index (χ2n) is 6.64. The highest BCUT2D eigenvalue weighted by molar-refractivity contribution is 9.10. The van der Waals surface area contributed by atoms with Gasteiger partial charge < -0.3 is 5.11 Å². The summed E-state index contributed by atoms with van der Waals surface area (Å²) in [6.45, 7) is 5.93. The van der Waals surface area contributed by atoms with Crippen molar-refractivity contribution in [2.75, 3.05) is 0 Å². The average molecular weight is 420 g/mol. The Hall–Kier alpha value is -2.74. The molecule has 0 saturated heterocycles. The van der Waals surface area contributed by atoms with Gasteiger partial charge in [0.25, 0.3) is 11.6 Å². The van der Waals surface area contributed by atoms with Crippen molar-refractivity contribution in [2.45, 2.75) is 26.2 Å². The fraction of sp³-hybridized carbons (Fsp3) is 0.222. The number of hydrogen-bond donors (Lipinski definition) is 2. The summed E-state index contributed by atoms with van der Waals surface area (Å²) in [5.74, 6) is -0.421. The van der Waals surface area contributed by atoms with Crippen molar-refractivity contribution in [1.29, 1.82) is 0 Å². The van der Waals surface area contributed by atoms with Gasteiger partial charge in [0, 0.05) is 33.3 Å². The van der Waals surface area contributed by atoms with Gasteiger partial charge in [-0.3, -0.25) is 14.9 Å². The lowest BCUT2D eigenvalue weighted by Crippen LogP contribution is -2.17. The van der Waals surface area contributed by atoms with Crippen molar-refractivity contribution < 1.29 is 14.8 Å². The zero-order valence-corrected chi connectivity index (χ0v) is 16.1. The van der Waals surface area contributed by atoms with E-state index in [1.165, 1.54) is 30.5 Å². The summed E-state index contributed by atoms with van der Waals surface area (Å²) in [6.07, 6.45) is 1.35. The van der Waals surface area contributed by atoms with Crippen molar-refractivity contribution >= 4 is 33.7 Å². The van der Waals surface area contributed by atoms with Gasteiger partial charge >= 0.3 is 0 Å². The van der Waals surface area contributed by atoms with Crippen molar-refractivity contribution in [3.05, 3.63) is 67.7 Å². The average Bonchev–Trinajstić information content (AvgIpc) is 2.56. The summed E-state index contributed by atoms with van der Waals surface area (Å²) in [6, 6.07) is 8.70. The SMILES string of the molecule is CC(C)(C)c1cc(Br)cc(/C=N/NC(=O)c2ccc([N+](=O)[O-])cc2)c1O. The maximum atomic E-state index is 12.0. The lowest BCUT2D eigenvalue weighted by molar-refractivity contribution is -0.384. The number of carbonyl (C=O) groups excluding carboxylic acids is 1. The summed E-state index contributed by atoms with van der Waals surface area (Å²) in [5, 5.41) is 24.9. The molecule has 0 saturated carbocycles. The van der Waals surface area contributed by atoms with E-state index in [9.17, 15) is 20.0 Å². The third-order valence-corrected chi connectivity index (χ3v) is 4.08. The van der Waals surface area contributed by atoms with Crippen molar-refractivity contribution in [3.63, 3.8) is 0 Å². The maximum absolute atomic E-state index is 12.0. The Morgan fingerprint density at radius 1 is 1.27 bits per heavy atom. The van der Waals surface area contributed by atoms with E-state index in [4.69, 9.17) is 0 Å². The largest absolute Gasteiger partial charge is 0.507 e. The molecule has 0 bridgehead atoms. The molecule has 0 aromatic heterocycles. The van der Waals surface area contributed by atoms with E-state index >= 15 is 0 Å². The molecule has 2 rings (SSSR count). The van der Waals surface area contributed by atoms with Crippen LogP contribution in [-0.4, -0.2) is 22.2 Å². The molecule has 0 radical (unpaired) electrons. The summed E-state index contributed by atoms with van der Waals surface area (Å²) in [7, 11) is 0. The molecule has 7 nitrogen and oxygen atoms in total. The van der Waals surface area contributed by atoms with Crippen LogP contribution < -0.4 is 5.43 Å². The van der Waals surface area contributed by atoms with E-state index in [0.29, 0.717) is 5.56 Å². The van der Waals surface area contributed by atoms with E-state index in [1.54, 1.807) is 6.07 Å². The highest BCUT2D eigenvalue weighted by Gasteiger charge is 2.20. The Balaban J connectivity index is 2.16. The maximum Gasteiger partial charge on any atom is 0.271 e. The molecular formula is C18H18BrN3O4. The van der Waals surface area contributed by atoms with Crippen LogP contribution in [0.15, 0.2) is 46.0 Å². The highest BCUT2D eigenvalue weighted by Crippen LogP contribution is 2.35. The number of phenolic OH excluding ortho intramolecular Hbond substituents is 1. The van der Waals surface area contributed by atoms with Gasteiger partial charge in [-0.25, -0.2) is 5.43 Å². The Kier molecular flexibility index (Phi) is 5.76. The number of carbonyl (C=O) groups is 1. The standard InChI is InChI=1S/C18H18BrN3O4/c1-18(2,3)15-9-13(19)8-12(16(15)23)10-20-21-17(24)11-4-6-14(7-5-11)22(25)26/h4-10,23H,1-3H3,(H,21,24)/b20-10+. The molecule has 1 amide bonds. The molecular weight excluding hydrogens is 402 g/mol. The van der Waals surface area contributed by atoms with Gasteiger partial charge in [0.2, 0.25) is 0 Å². The monoisotopic (exact) mass is 419 g/mol. The Morgan fingerprint density at radius 3 is 2.42 bits per heavy atom. The third-order valence-electron chi connectivity index (χ3n) is 3.62. The van der Waals surface area contributed by atoms with Crippen molar-refractivity contribution in [2.24, 2.45) is 5.10 Å². The van der Waals surface area contributed by atoms with Crippen LogP contribution in [0.1, 0.15) is 42.3 Å². The minimum atomic E-state index is -0.539. The first kappa shape index (κ1) is 19.6. The number of nitrogens with zero attached hydrogens (tertiary/aromatic N) is 2. The van der Waals surface area contributed by atoms with E-state index in [2.05, 4.69) is 26.5 Å². The number of rotatable bonds is 4. The summed E-state index contributed by atoms with van der Waals surface area (Å²) >= 11 is 3.40. The normalized spacial score (nSPS) is 11.5. The quantitative estimate of drug-likeness (QED) is 0.441. The summed E-state index contributed by atoms with van der Waals surface area (Å²) in [5.41, 5.74) is 3.41. The molecule has 0 spiro atoms. The van der Waals surface area contributed by atoms with Crippen LogP contribution in [0.4, 0.5) is 5.69 Å². The van der Waals surface area contributed by atoms with Gasteiger partial charge in [0.05, 0.1) is 11.1 Å². The number of halogens is 1. The molecule has 0 aliphatic rings. The molecule has 0 fully saturated rings. The number of nitro groups is 1. The molecule has 8 heteroatoms. The number of non-ortho nitro benzene ring substituents is 1. The van der Waals surface area contributed by atoms with Gasteiger partial charge in [-0.15, -0.1) is 0 Å². The number of amides is 1. The van der Waals surface area contributed by atoms with Gasteiger partial charge in [0.1, 0.15) is 5.75 Å². The van der Waals surface area contributed by atoms with E-state index in [-0.39, 0.29) is 22.4 Å². The van der Waals surface area contributed by atoms with Crippen LogP contribution in [0.2, 0.25) is 0 Å². The van der Waals surface area contributed by atoms with Crippen LogP contribution in [0.3, 0.4) is 0 Å². The first-order valence-electron chi connectivity index (χ1n) is 7.70. The third kappa shape index (κ3) is 4.66. The van der Waals surface area contributed by atoms with Crippen LogP contribution in [0, 0.1) is 10.1 Å². The second kappa shape index (κ2) is 7.65. The van der Waals surface area contributed by atoms with Crippen LogP contribution >= 0.6 is 15.9 Å². The Bertz CT molecular complexity index is 871. The molecule has 0 atom stereocenters. The summed E-state index contributed by atoms with van der Waals surface area (Å²) in [4.78, 5) is 22.1. The predicted molar refractivity (Wildman–Crippen MR) is 103 cm³/mol. The Morgan fingerprint density at radius 2 is 1.88 bits per heavy atom. The molecule has 0 aliphatic carbocycles. The van der Waals surface area contributed by atoms with Crippen molar-refractivity contribution in [1.82, 2.24) is 5.43 Å². The van der Waals surface area contributed by atoms with Gasteiger partial charge in [-0.2, -0.15) is 5.10 Å². The first-order chi connectivity index (χ1) is 12.1. The molecule has 0 aliphatic heterocycles. The van der Waals surface area contributed by atoms with Crippen LogP contribution in [0.5, 0.6) is 5.75 Å². The number of nitrogens with one attached hydrogen (secondary N) is 1. The molecule has 2 aromatic carbocycles. The van der Waals surface area contributed by atoms with Gasteiger partial charge in [-0.05, 0) is 29.7 Å². The number of hydrogen-bond acceptors (Lipinski definition) is 5. The fourth-order valence-electron chi connectivity index (χ4n) is 2.25. The smallest absolute Gasteiger partial charge is 0.271 e. The molecule has 2 aromatic rings. The molecule has 0 heterocycles. The molecule has 2 N–H and O–H groups in total. The molecule has 26 heavy (non-hydrogen) atoms. The van der Waals surface area contributed by atoms with Crippen LogP contribution in [-0.2, 0) is 5.41 Å². The second-order valence-corrected chi connectivity index (χ2v) is 7.56. The minimum absolute atomic E-state index is 0.0917. The van der Waals surface area contributed by atoms with Crippen molar-refractivity contribution in [3.8, 4) is 5.75 Å². The molecule has 136 valence electrons. The number of nitro benzene ring substituents is 1. The number of aromatic hydroxyl groups is 1. The lowest BCUT2D eigenvalue weighted by atomic mass is 9.85. The van der Waals surface area contributed by atoms with Gasteiger partial charge in [-0.1, -0.05) is 36.7 Å². The van der Waals surface area contributed by atoms with Gasteiger partial charge in [0.15, 0.2) is 0 Å². The summed E-state index contributed by atoms with van der Waals surface area (Å²) < 4.78 is 0.781. The van der Waals surface area contributed by atoms with Crippen LogP contribution in [0.25, 0.3) is 0 Å². The number of phenols is 1. The topological polar surface area (TPSA) is 105 Å². The molecule has 0 unspecified atom stereocenters. The van der Waals surface area contributed by atoms with E-state index < -0.39 is 10.8 Å². The first-order valence-corrected chi connectivity index (χ1v) is 8.50. The highest BCUT2D eigenvalue weighted by atomic mass is 79.9. The minimum Gasteiger partial charge on any atom is -0.507 e.